The maximum atomic E-state index is 13.2. The van der Waals surface area contributed by atoms with Crippen LogP contribution in [-0.4, -0.2) is 7.05 Å². The van der Waals surface area contributed by atoms with E-state index in [9.17, 15) is 4.39 Å². The molecule has 0 saturated carbocycles. The number of aryl methyl sites for hydroxylation is 1. The third-order valence-electron chi connectivity index (χ3n) is 2.93. The van der Waals surface area contributed by atoms with Gasteiger partial charge in [0.25, 0.3) is 0 Å². The molecule has 1 N–H and O–H groups in total. The molecule has 1 aromatic heterocycles. The zero-order chi connectivity index (χ0) is 13.1. The zero-order valence-corrected chi connectivity index (χ0v) is 11.9. The van der Waals surface area contributed by atoms with Gasteiger partial charge in [-0.1, -0.05) is 6.07 Å². The molecular weight excluding hydrogens is 297 g/mol. The molecular formula is C14H15BrFNO. The van der Waals surface area contributed by atoms with Crippen molar-refractivity contribution in [2.75, 3.05) is 7.05 Å². The first-order valence-electron chi connectivity index (χ1n) is 5.76. The fourth-order valence-electron chi connectivity index (χ4n) is 1.94. The summed E-state index contributed by atoms with van der Waals surface area (Å²) in [4.78, 5) is 0. The second kappa shape index (κ2) is 5.67. The van der Waals surface area contributed by atoms with E-state index in [1.165, 1.54) is 6.07 Å². The smallest absolute Gasteiger partial charge is 0.137 e. The normalized spacial score (nSPS) is 12.7. The first-order chi connectivity index (χ1) is 8.60. The molecule has 0 radical (unpaired) electrons. The van der Waals surface area contributed by atoms with E-state index in [4.69, 9.17) is 4.42 Å². The summed E-state index contributed by atoms with van der Waals surface area (Å²) >= 11 is 3.20. The highest BCUT2D eigenvalue weighted by molar-refractivity contribution is 9.10. The van der Waals surface area contributed by atoms with Crippen molar-refractivity contribution in [3.05, 3.63) is 57.7 Å². The maximum absolute atomic E-state index is 13.2. The Balaban J connectivity index is 2.17. The molecule has 0 amide bonds. The Bertz CT molecular complexity index is 538. The van der Waals surface area contributed by atoms with Crippen LogP contribution in [0.2, 0.25) is 0 Å². The lowest BCUT2D eigenvalue weighted by Gasteiger charge is -2.14. The highest BCUT2D eigenvalue weighted by Gasteiger charge is 2.13. The second-order valence-electron chi connectivity index (χ2n) is 4.28. The van der Waals surface area contributed by atoms with E-state index in [0.717, 1.165) is 23.3 Å². The van der Waals surface area contributed by atoms with Crippen LogP contribution in [-0.2, 0) is 6.42 Å². The predicted octanol–water partition coefficient (Wildman–Crippen LogP) is 3.99. The minimum atomic E-state index is -0.237. The van der Waals surface area contributed by atoms with E-state index in [1.807, 2.05) is 26.1 Å². The molecule has 0 aliphatic heterocycles. The third kappa shape index (κ3) is 3.00. The molecule has 1 unspecified atom stereocenters. The molecule has 0 bridgehead atoms. The van der Waals surface area contributed by atoms with Crippen LogP contribution in [0.15, 0.2) is 39.4 Å². The maximum Gasteiger partial charge on any atom is 0.137 e. The quantitative estimate of drug-likeness (QED) is 0.923. The standard InChI is InChI=1S/C14H15BrFNO/c1-9-5-11(8-18-9)14(17-2)7-10-3-4-13(16)12(15)6-10/h3-6,8,14,17H,7H2,1-2H3. The summed E-state index contributed by atoms with van der Waals surface area (Å²) in [5, 5.41) is 3.25. The first kappa shape index (κ1) is 13.3. The van der Waals surface area contributed by atoms with Crippen LogP contribution < -0.4 is 5.32 Å². The van der Waals surface area contributed by atoms with E-state index in [0.29, 0.717) is 4.47 Å². The molecule has 2 nitrogen and oxygen atoms in total. The molecule has 4 heteroatoms. The Morgan fingerprint density at radius 2 is 2.17 bits per heavy atom. The third-order valence-corrected chi connectivity index (χ3v) is 3.53. The summed E-state index contributed by atoms with van der Waals surface area (Å²) in [5.74, 6) is 0.657. The topological polar surface area (TPSA) is 25.2 Å². The molecule has 1 aromatic carbocycles. The number of hydrogen-bond donors (Lipinski definition) is 1. The first-order valence-corrected chi connectivity index (χ1v) is 6.55. The van der Waals surface area contributed by atoms with Crippen molar-refractivity contribution in [3.63, 3.8) is 0 Å². The van der Waals surface area contributed by atoms with Crippen molar-refractivity contribution in [3.8, 4) is 0 Å². The van der Waals surface area contributed by atoms with Crippen molar-refractivity contribution in [2.24, 2.45) is 0 Å². The number of furan rings is 1. The molecule has 0 aliphatic carbocycles. The fourth-order valence-corrected chi connectivity index (χ4v) is 2.36. The Morgan fingerprint density at radius 1 is 1.39 bits per heavy atom. The molecule has 2 rings (SSSR count). The summed E-state index contributed by atoms with van der Waals surface area (Å²) in [6, 6.07) is 7.27. The lowest BCUT2D eigenvalue weighted by Crippen LogP contribution is -2.18. The zero-order valence-electron chi connectivity index (χ0n) is 10.3. The Labute approximate surface area is 114 Å². The number of hydrogen-bond acceptors (Lipinski definition) is 2. The van der Waals surface area contributed by atoms with Gasteiger partial charge in [-0.2, -0.15) is 0 Å². The predicted molar refractivity (Wildman–Crippen MR) is 73.0 cm³/mol. The number of likely N-dealkylation sites (N-methyl/N-ethyl adjacent to an activating group) is 1. The van der Waals surface area contributed by atoms with Gasteiger partial charge in [0.15, 0.2) is 0 Å². The number of halogens is 2. The second-order valence-corrected chi connectivity index (χ2v) is 5.14. The van der Waals surface area contributed by atoms with Gasteiger partial charge in [-0.15, -0.1) is 0 Å². The minimum Gasteiger partial charge on any atom is -0.469 e. The van der Waals surface area contributed by atoms with E-state index >= 15 is 0 Å². The van der Waals surface area contributed by atoms with Crippen molar-refractivity contribution in [2.45, 2.75) is 19.4 Å². The highest BCUT2D eigenvalue weighted by Crippen LogP contribution is 2.23. The lowest BCUT2D eigenvalue weighted by molar-refractivity contribution is 0.520. The lowest BCUT2D eigenvalue weighted by atomic mass is 10.0. The molecule has 0 aliphatic rings. The largest absolute Gasteiger partial charge is 0.469 e. The SMILES string of the molecule is CNC(Cc1ccc(F)c(Br)c1)c1coc(C)c1. The molecule has 18 heavy (non-hydrogen) atoms. The summed E-state index contributed by atoms with van der Waals surface area (Å²) in [5.41, 5.74) is 2.18. The van der Waals surface area contributed by atoms with Crippen LogP contribution in [0.5, 0.6) is 0 Å². The molecule has 2 aromatic rings. The van der Waals surface area contributed by atoms with Gasteiger partial charge in [0, 0.05) is 11.6 Å². The van der Waals surface area contributed by atoms with Crippen molar-refractivity contribution >= 4 is 15.9 Å². The molecule has 1 atom stereocenters. The average Bonchev–Trinajstić information content (AvgIpc) is 2.77. The highest BCUT2D eigenvalue weighted by atomic mass is 79.9. The number of rotatable bonds is 4. The van der Waals surface area contributed by atoms with Gasteiger partial charge in [-0.05, 0) is 60.1 Å². The summed E-state index contributed by atoms with van der Waals surface area (Å²) in [6.45, 7) is 1.92. The van der Waals surface area contributed by atoms with Crippen LogP contribution in [0.4, 0.5) is 4.39 Å². The Morgan fingerprint density at radius 3 is 2.72 bits per heavy atom. The van der Waals surface area contributed by atoms with E-state index < -0.39 is 0 Å². The van der Waals surface area contributed by atoms with E-state index in [1.54, 1.807) is 12.3 Å². The van der Waals surface area contributed by atoms with Crippen molar-refractivity contribution in [1.29, 1.82) is 0 Å². The van der Waals surface area contributed by atoms with Crippen LogP contribution >= 0.6 is 15.9 Å². The van der Waals surface area contributed by atoms with Crippen LogP contribution in [0.3, 0.4) is 0 Å². The molecule has 0 spiro atoms. The van der Waals surface area contributed by atoms with Gasteiger partial charge in [0.05, 0.1) is 10.7 Å². The van der Waals surface area contributed by atoms with Gasteiger partial charge in [-0.3, -0.25) is 0 Å². The monoisotopic (exact) mass is 311 g/mol. The Hall–Kier alpha value is -1.13. The Kier molecular flexibility index (Phi) is 4.19. The van der Waals surface area contributed by atoms with Crippen molar-refractivity contribution < 1.29 is 8.81 Å². The van der Waals surface area contributed by atoms with Gasteiger partial charge in [-0.25, -0.2) is 4.39 Å². The van der Waals surface area contributed by atoms with Gasteiger partial charge in [0.1, 0.15) is 11.6 Å². The molecule has 1 heterocycles. The van der Waals surface area contributed by atoms with E-state index in [-0.39, 0.29) is 11.9 Å². The number of benzene rings is 1. The molecule has 96 valence electrons. The molecule has 0 saturated heterocycles. The summed E-state index contributed by atoms with van der Waals surface area (Å²) < 4.78 is 19.0. The fraction of sp³-hybridized carbons (Fsp3) is 0.286. The van der Waals surface area contributed by atoms with E-state index in [2.05, 4.69) is 21.2 Å². The molecule has 0 fully saturated rings. The van der Waals surface area contributed by atoms with Crippen LogP contribution in [0, 0.1) is 12.7 Å². The van der Waals surface area contributed by atoms with Gasteiger partial charge < -0.3 is 9.73 Å². The summed E-state index contributed by atoms with van der Waals surface area (Å²) in [7, 11) is 1.91. The van der Waals surface area contributed by atoms with Crippen LogP contribution in [0.1, 0.15) is 22.9 Å². The number of nitrogens with one attached hydrogen (secondary N) is 1. The summed E-state index contributed by atoms with van der Waals surface area (Å²) in [6.07, 6.45) is 2.55. The van der Waals surface area contributed by atoms with Crippen LogP contribution in [0.25, 0.3) is 0 Å². The van der Waals surface area contributed by atoms with Gasteiger partial charge >= 0.3 is 0 Å². The minimum absolute atomic E-state index is 0.166. The van der Waals surface area contributed by atoms with Gasteiger partial charge in [0.2, 0.25) is 0 Å². The average molecular weight is 312 g/mol. The van der Waals surface area contributed by atoms with Crippen molar-refractivity contribution in [1.82, 2.24) is 5.32 Å².